The Hall–Kier alpha value is -2.32. The lowest BCUT2D eigenvalue weighted by Crippen LogP contribution is -2.21. The minimum absolute atomic E-state index is 0.0854. The van der Waals surface area contributed by atoms with Crippen LogP contribution in [0.1, 0.15) is 16.1 Å². The summed E-state index contributed by atoms with van der Waals surface area (Å²) in [5.41, 5.74) is 1.28. The van der Waals surface area contributed by atoms with Gasteiger partial charge in [-0.15, -0.1) is 17.9 Å². The number of fused-ring (bicyclic) bond motifs is 1. The molecule has 0 aliphatic heterocycles. The molecule has 0 saturated heterocycles. The monoisotopic (exact) mass is 362 g/mol. The van der Waals surface area contributed by atoms with Crippen LogP contribution in [0, 0.1) is 0 Å². The molecule has 3 heterocycles. The van der Waals surface area contributed by atoms with E-state index in [1.807, 2.05) is 11.4 Å². The first-order valence-electron chi connectivity index (χ1n) is 7.02. The summed E-state index contributed by atoms with van der Waals surface area (Å²) in [6.07, 6.45) is 3.10. The molecule has 8 heteroatoms. The normalized spacial score (nSPS) is 10.9. The van der Waals surface area contributed by atoms with Gasteiger partial charge in [-0.3, -0.25) is 9.36 Å². The highest BCUT2D eigenvalue weighted by atomic mass is 32.2. The highest BCUT2D eigenvalue weighted by Gasteiger charge is 2.18. The fraction of sp³-hybridized carbons (Fsp3) is 0.188. The third-order valence-corrected chi connectivity index (χ3v) is 5.23. The number of carbonyl (C=O) groups excluding carboxylic acids is 1. The van der Waals surface area contributed by atoms with Gasteiger partial charge in [-0.25, -0.2) is 9.78 Å². The number of hydrogen-bond acceptors (Lipinski definition) is 7. The standard InChI is InChI=1S/C16H14N2O4S2/c1-3-6-18-14(19)13-11(5-8-23-13)17-16(18)24-9-10-4-7-22-12(10)15(20)21-2/h3-5,7-8H,1,6,9H2,2H3. The van der Waals surface area contributed by atoms with E-state index in [1.165, 1.54) is 36.5 Å². The molecule has 0 saturated carbocycles. The molecule has 0 amide bonds. The summed E-state index contributed by atoms with van der Waals surface area (Å²) < 4.78 is 12.1. The summed E-state index contributed by atoms with van der Waals surface area (Å²) in [6, 6.07) is 3.53. The number of furan rings is 1. The fourth-order valence-corrected chi connectivity index (χ4v) is 3.95. The van der Waals surface area contributed by atoms with Crippen LogP contribution in [0.15, 0.2) is 50.8 Å². The Morgan fingerprint density at radius 1 is 1.54 bits per heavy atom. The number of carbonyl (C=O) groups is 1. The zero-order chi connectivity index (χ0) is 17.1. The first-order chi connectivity index (χ1) is 11.7. The van der Waals surface area contributed by atoms with E-state index in [4.69, 9.17) is 9.15 Å². The molecular weight excluding hydrogens is 348 g/mol. The number of nitrogens with zero attached hydrogens (tertiary/aromatic N) is 2. The topological polar surface area (TPSA) is 74.3 Å². The minimum atomic E-state index is -0.527. The predicted octanol–water partition coefficient (Wildman–Crippen LogP) is 3.32. The molecule has 24 heavy (non-hydrogen) atoms. The SMILES string of the molecule is C=CCn1c(SCc2ccoc2C(=O)OC)nc2ccsc2c1=O. The van der Waals surface area contributed by atoms with Crippen molar-refractivity contribution >= 4 is 39.3 Å². The molecule has 6 nitrogen and oxygen atoms in total. The largest absolute Gasteiger partial charge is 0.463 e. The minimum Gasteiger partial charge on any atom is -0.463 e. The molecule has 0 aromatic carbocycles. The molecule has 0 spiro atoms. The highest BCUT2D eigenvalue weighted by Crippen LogP contribution is 2.26. The average Bonchev–Trinajstić information content (AvgIpc) is 3.24. The van der Waals surface area contributed by atoms with Gasteiger partial charge in [0.15, 0.2) is 5.16 Å². The van der Waals surface area contributed by atoms with Crippen molar-refractivity contribution < 1.29 is 13.9 Å². The van der Waals surface area contributed by atoms with Crippen molar-refractivity contribution in [2.45, 2.75) is 17.5 Å². The van der Waals surface area contributed by atoms with E-state index in [0.717, 1.165) is 0 Å². The quantitative estimate of drug-likeness (QED) is 0.290. The van der Waals surface area contributed by atoms with Gasteiger partial charge in [0.1, 0.15) is 4.70 Å². The molecule has 0 N–H and O–H groups in total. The molecule has 0 atom stereocenters. The summed E-state index contributed by atoms with van der Waals surface area (Å²) >= 11 is 2.73. The first kappa shape index (κ1) is 16.5. The van der Waals surface area contributed by atoms with Gasteiger partial charge in [-0.05, 0) is 17.5 Å². The molecular formula is C16H14N2O4S2. The first-order valence-corrected chi connectivity index (χ1v) is 8.88. The Bertz CT molecular complexity index is 955. The number of ether oxygens (including phenoxy) is 1. The smallest absolute Gasteiger partial charge is 0.374 e. The molecule has 3 aromatic rings. The summed E-state index contributed by atoms with van der Waals surface area (Å²) in [5.74, 6) is 0.0692. The molecule has 0 radical (unpaired) electrons. The zero-order valence-electron chi connectivity index (χ0n) is 12.9. The van der Waals surface area contributed by atoms with E-state index in [-0.39, 0.29) is 11.3 Å². The van der Waals surface area contributed by atoms with Gasteiger partial charge >= 0.3 is 5.97 Å². The number of methoxy groups -OCH3 is 1. The zero-order valence-corrected chi connectivity index (χ0v) is 14.5. The lowest BCUT2D eigenvalue weighted by molar-refractivity contribution is 0.0564. The number of thiophene rings is 1. The van der Waals surface area contributed by atoms with Crippen LogP contribution in [-0.2, 0) is 17.0 Å². The number of thioether (sulfide) groups is 1. The van der Waals surface area contributed by atoms with Crippen molar-refractivity contribution in [2.24, 2.45) is 0 Å². The van der Waals surface area contributed by atoms with E-state index in [1.54, 1.807) is 16.7 Å². The van der Waals surface area contributed by atoms with Crippen molar-refractivity contribution in [1.29, 1.82) is 0 Å². The molecule has 3 aromatic heterocycles. The number of aromatic nitrogens is 2. The third-order valence-electron chi connectivity index (χ3n) is 3.32. The lowest BCUT2D eigenvalue weighted by atomic mass is 10.3. The Morgan fingerprint density at radius 2 is 2.38 bits per heavy atom. The number of allylic oxidation sites excluding steroid dienone is 1. The summed E-state index contributed by atoms with van der Waals surface area (Å²) in [7, 11) is 1.30. The Morgan fingerprint density at radius 3 is 3.12 bits per heavy atom. The van der Waals surface area contributed by atoms with Crippen molar-refractivity contribution in [3.63, 3.8) is 0 Å². The van der Waals surface area contributed by atoms with E-state index in [9.17, 15) is 9.59 Å². The maximum Gasteiger partial charge on any atom is 0.374 e. The van der Waals surface area contributed by atoms with E-state index >= 15 is 0 Å². The van der Waals surface area contributed by atoms with Crippen LogP contribution < -0.4 is 5.56 Å². The maximum absolute atomic E-state index is 12.6. The molecule has 0 bridgehead atoms. The Labute approximate surface area is 145 Å². The van der Waals surface area contributed by atoms with Crippen LogP contribution in [0.4, 0.5) is 0 Å². The number of hydrogen-bond donors (Lipinski definition) is 0. The van der Waals surface area contributed by atoms with Gasteiger partial charge in [-0.2, -0.15) is 0 Å². The lowest BCUT2D eigenvalue weighted by Gasteiger charge is -2.09. The summed E-state index contributed by atoms with van der Waals surface area (Å²) in [4.78, 5) is 28.8. The van der Waals surface area contributed by atoms with Gasteiger partial charge in [-0.1, -0.05) is 17.8 Å². The van der Waals surface area contributed by atoms with Gasteiger partial charge in [0.05, 0.1) is 18.9 Å². The second-order valence-electron chi connectivity index (χ2n) is 4.79. The van der Waals surface area contributed by atoms with Gasteiger partial charge in [0, 0.05) is 17.9 Å². The van der Waals surface area contributed by atoms with E-state index < -0.39 is 5.97 Å². The van der Waals surface area contributed by atoms with Crippen LogP contribution in [0.2, 0.25) is 0 Å². The van der Waals surface area contributed by atoms with E-state index in [2.05, 4.69) is 11.6 Å². The van der Waals surface area contributed by atoms with Crippen LogP contribution in [0.5, 0.6) is 0 Å². The molecule has 0 aliphatic carbocycles. The molecule has 0 fully saturated rings. The van der Waals surface area contributed by atoms with Gasteiger partial charge in [0.2, 0.25) is 5.76 Å². The van der Waals surface area contributed by atoms with Crippen LogP contribution >= 0.6 is 23.1 Å². The van der Waals surface area contributed by atoms with Crippen molar-refractivity contribution in [3.05, 3.63) is 58.1 Å². The van der Waals surface area contributed by atoms with E-state index in [0.29, 0.717) is 33.2 Å². The van der Waals surface area contributed by atoms with Gasteiger partial charge in [0.25, 0.3) is 5.56 Å². The average molecular weight is 362 g/mol. The van der Waals surface area contributed by atoms with Crippen molar-refractivity contribution in [3.8, 4) is 0 Å². The Balaban J connectivity index is 1.94. The van der Waals surface area contributed by atoms with Crippen LogP contribution in [0.3, 0.4) is 0 Å². The summed E-state index contributed by atoms with van der Waals surface area (Å²) in [6.45, 7) is 4.07. The number of rotatable bonds is 6. The predicted molar refractivity (Wildman–Crippen MR) is 93.7 cm³/mol. The van der Waals surface area contributed by atoms with Gasteiger partial charge < -0.3 is 9.15 Å². The molecule has 124 valence electrons. The fourth-order valence-electron chi connectivity index (χ4n) is 2.19. The van der Waals surface area contributed by atoms with Crippen molar-refractivity contribution in [1.82, 2.24) is 9.55 Å². The van der Waals surface area contributed by atoms with Crippen molar-refractivity contribution in [2.75, 3.05) is 7.11 Å². The highest BCUT2D eigenvalue weighted by molar-refractivity contribution is 7.98. The van der Waals surface area contributed by atoms with Crippen LogP contribution in [0.25, 0.3) is 10.2 Å². The number of esters is 1. The second kappa shape index (κ2) is 7.06. The third kappa shape index (κ3) is 3.02. The van der Waals surface area contributed by atoms with Crippen LogP contribution in [-0.4, -0.2) is 22.6 Å². The molecule has 0 aliphatic rings. The summed E-state index contributed by atoms with van der Waals surface area (Å²) in [5, 5.41) is 2.42. The molecule has 0 unspecified atom stereocenters. The molecule has 3 rings (SSSR count). The maximum atomic E-state index is 12.6. The Kier molecular flexibility index (Phi) is 4.86. The second-order valence-corrected chi connectivity index (χ2v) is 6.65.